The number of hydrogen-bond donors (Lipinski definition) is 0. The molecule has 0 radical (unpaired) electrons. The first-order chi connectivity index (χ1) is 7.11. The van der Waals surface area contributed by atoms with Crippen LogP contribution in [0.25, 0.3) is 0 Å². The molecule has 0 heterocycles. The van der Waals surface area contributed by atoms with Crippen LogP contribution in [0.1, 0.15) is 53.9 Å². The van der Waals surface area contributed by atoms with Crippen molar-refractivity contribution in [1.82, 2.24) is 0 Å². The van der Waals surface area contributed by atoms with E-state index in [1.54, 1.807) is 0 Å². The molecule has 1 aliphatic rings. The molecule has 0 amide bonds. The van der Waals surface area contributed by atoms with Crippen molar-refractivity contribution in [2.24, 2.45) is 29.6 Å². The third-order valence-corrected chi connectivity index (χ3v) is 4.55. The molecular formula is C15H28. The Balaban J connectivity index is 2.87. The Morgan fingerprint density at radius 3 is 2.47 bits per heavy atom. The molecule has 88 valence electrons. The van der Waals surface area contributed by atoms with Crippen molar-refractivity contribution < 1.29 is 0 Å². The second-order valence-corrected chi connectivity index (χ2v) is 5.54. The van der Waals surface area contributed by atoms with Crippen molar-refractivity contribution in [2.45, 2.75) is 53.9 Å². The Labute approximate surface area is 96.2 Å². The molecule has 0 N–H and O–H groups in total. The fourth-order valence-corrected chi connectivity index (χ4v) is 3.47. The van der Waals surface area contributed by atoms with E-state index in [4.69, 9.17) is 0 Å². The van der Waals surface area contributed by atoms with Gasteiger partial charge in [0.25, 0.3) is 0 Å². The highest BCUT2D eigenvalue weighted by Crippen LogP contribution is 2.40. The first-order valence-corrected chi connectivity index (χ1v) is 6.78. The largest absolute Gasteiger partial charge is 0.0880 e. The highest BCUT2D eigenvalue weighted by Gasteiger charge is 2.32. The normalized spacial score (nSPS) is 38.7. The van der Waals surface area contributed by atoms with Crippen LogP contribution in [0.3, 0.4) is 0 Å². The molecule has 0 fully saturated rings. The first-order valence-electron chi connectivity index (χ1n) is 6.78. The summed E-state index contributed by atoms with van der Waals surface area (Å²) in [5.41, 5.74) is 0. The van der Waals surface area contributed by atoms with Gasteiger partial charge in [0, 0.05) is 0 Å². The summed E-state index contributed by atoms with van der Waals surface area (Å²) < 4.78 is 0. The Morgan fingerprint density at radius 1 is 1.27 bits per heavy atom. The van der Waals surface area contributed by atoms with Gasteiger partial charge in [-0.05, 0) is 36.0 Å². The Bertz CT molecular complexity index is 204. The van der Waals surface area contributed by atoms with Crippen LogP contribution in [0.2, 0.25) is 0 Å². The Kier molecular flexibility index (Phi) is 4.89. The minimum atomic E-state index is 0.773. The summed E-state index contributed by atoms with van der Waals surface area (Å²) in [7, 11) is 0. The topological polar surface area (TPSA) is 0 Å². The number of rotatable bonds is 3. The van der Waals surface area contributed by atoms with Crippen LogP contribution in [-0.2, 0) is 0 Å². The fraction of sp³-hybridized carbons (Fsp3) is 0.867. The average molecular weight is 208 g/mol. The molecule has 0 aromatic heterocycles. The summed E-state index contributed by atoms with van der Waals surface area (Å²) in [4.78, 5) is 0. The van der Waals surface area contributed by atoms with Gasteiger partial charge in [0.15, 0.2) is 0 Å². The lowest BCUT2D eigenvalue weighted by Gasteiger charge is -2.36. The smallest absolute Gasteiger partial charge is 0.0228 e. The van der Waals surface area contributed by atoms with Crippen molar-refractivity contribution in [3.8, 4) is 0 Å². The molecule has 0 saturated heterocycles. The van der Waals surface area contributed by atoms with E-state index in [0.29, 0.717) is 0 Å². The van der Waals surface area contributed by atoms with Gasteiger partial charge in [-0.15, -0.1) is 0 Å². The molecule has 15 heavy (non-hydrogen) atoms. The first kappa shape index (κ1) is 12.8. The highest BCUT2D eigenvalue weighted by atomic mass is 14.4. The molecule has 1 rings (SSSR count). The lowest BCUT2D eigenvalue weighted by molar-refractivity contribution is 0.139. The van der Waals surface area contributed by atoms with E-state index in [1.807, 2.05) is 0 Å². The molecular weight excluding hydrogens is 180 g/mol. The molecule has 0 bridgehead atoms. The van der Waals surface area contributed by atoms with Crippen LogP contribution in [0.15, 0.2) is 12.2 Å². The highest BCUT2D eigenvalue weighted by molar-refractivity contribution is 4.98. The van der Waals surface area contributed by atoms with Crippen LogP contribution < -0.4 is 0 Å². The second-order valence-electron chi connectivity index (χ2n) is 5.54. The van der Waals surface area contributed by atoms with E-state index >= 15 is 0 Å². The van der Waals surface area contributed by atoms with E-state index in [2.05, 4.69) is 46.8 Å². The SMILES string of the molecule is CCC(C)C1C(C)C=CCC(C)C1CC. The van der Waals surface area contributed by atoms with Gasteiger partial charge in [-0.3, -0.25) is 0 Å². The van der Waals surface area contributed by atoms with E-state index in [1.165, 1.54) is 19.3 Å². The summed E-state index contributed by atoms with van der Waals surface area (Å²) in [6.07, 6.45) is 8.84. The molecule has 0 aliphatic heterocycles. The van der Waals surface area contributed by atoms with Gasteiger partial charge < -0.3 is 0 Å². The molecule has 5 unspecified atom stereocenters. The van der Waals surface area contributed by atoms with E-state index in [0.717, 1.165) is 29.6 Å². The Hall–Kier alpha value is -0.260. The van der Waals surface area contributed by atoms with Gasteiger partial charge in [-0.25, -0.2) is 0 Å². The number of hydrogen-bond acceptors (Lipinski definition) is 0. The number of allylic oxidation sites excluding steroid dienone is 2. The fourth-order valence-electron chi connectivity index (χ4n) is 3.47. The van der Waals surface area contributed by atoms with Crippen molar-refractivity contribution >= 4 is 0 Å². The maximum Gasteiger partial charge on any atom is -0.0228 e. The average Bonchev–Trinajstić information content (AvgIpc) is 2.36. The van der Waals surface area contributed by atoms with Crippen LogP contribution in [0.4, 0.5) is 0 Å². The zero-order valence-electron chi connectivity index (χ0n) is 11.2. The van der Waals surface area contributed by atoms with Crippen molar-refractivity contribution in [2.75, 3.05) is 0 Å². The third-order valence-electron chi connectivity index (χ3n) is 4.55. The molecule has 0 heteroatoms. The molecule has 1 aliphatic carbocycles. The van der Waals surface area contributed by atoms with Gasteiger partial charge in [0.05, 0.1) is 0 Å². The predicted octanol–water partition coefficient (Wildman–Crippen LogP) is 4.91. The summed E-state index contributed by atoms with van der Waals surface area (Å²) in [5.74, 6) is 4.33. The van der Waals surface area contributed by atoms with Crippen LogP contribution in [0, 0.1) is 29.6 Å². The minimum Gasteiger partial charge on any atom is -0.0880 e. The lowest BCUT2D eigenvalue weighted by Crippen LogP contribution is -2.29. The van der Waals surface area contributed by atoms with Gasteiger partial charge in [-0.1, -0.05) is 59.6 Å². The molecule has 0 nitrogen and oxygen atoms in total. The minimum absolute atomic E-state index is 0.773. The van der Waals surface area contributed by atoms with Gasteiger partial charge >= 0.3 is 0 Å². The zero-order valence-corrected chi connectivity index (χ0v) is 11.2. The predicted molar refractivity (Wildman–Crippen MR) is 68.8 cm³/mol. The lowest BCUT2D eigenvalue weighted by atomic mass is 9.69. The molecule has 0 saturated carbocycles. The zero-order chi connectivity index (χ0) is 11.4. The molecule has 0 aromatic carbocycles. The van der Waals surface area contributed by atoms with Crippen LogP contribution >= 0.6 is 0 Å². The summed E-state index contributed by atoms with van der Waals surface area (Å²) in [6, 6.07) is 0. The maximum atomic E-state index is 2.46. The van der Waals surface area contributed by atoms with Crippen LogP contribution in [-0.4, -0.2) is 0 Å². The standard InChI is InChI=1S/C15H28/c1-6-11(3)15-13(5)10-8-9-12(4)14(15)7-2/h8,10-15H,6-7,9H2,1-5H3. The van der Waals surface area contributed by atoms with Crippen molar-refractivity contribution in [1.29, 1.82) is 0 Å². The molecule has 0 aromatic rings. The van der Waals surface area contributed by atoms with Crippen LogP contribution in [0.5, 0.6) is 0 Å². The summed E-state index contributed by atoms with van der Waals surface area (Å²) in [5, 5.41) is 0. The maximum absolute atomic E-state index is 2.46. The van der Waals surface area contributed by atoms with Gasteiger partial charge in [0.1, 0.15) is 0 Å². The van der Waals surface area contributed by atoms with E-state index < -0.39 is 0 Å². The third kappa shape index (κ3) is 2.86. The van der Waals surface area contributed by atoms with Crippen molar-refractivity contribution in [3.05, 3.63) is 12.2 Å². The van der Waals surface area contributed by atoms with E-state index in [-0.39, 0.29) is 0 Å². The second kappa shape index (κ2) is 5.72. The van der Waals surface area contributed by atoms with Gasteiger partial charge in [0.2, 0.25) is 0 Å². The van der Waals surface area contributed by atoms with Gasteiger partial charge in [-0.2, -0.15) is 0 Å². The monoisotopic (exact) mass is 208 g/mol. The summed E-state index contributed by atoms with van der Waals surface area (Å²) >= 11 is 0. The van der Waals surface area contributed by atoms with Crippen molar-refractivity contribution in [3.63, 3.8) is 0 Å². The molecule has 5 atom stereocenters. The van der Waals surface area contributed by atoms with E-state index in [9.17, 15) is 0 Å². The molecule has 0 spiro atoms. The summed E-state index contributed by atoms with van der Waals surface area (Å²) in [6.45, 7) is 12.0. The quantitative estimate of drug-likeness (QED) is 0.578. The Morgan fingerprint density at radius 2 is 1.93 bits per heavy atom.